The third-order valence-corrected chi connectivity index (χ3v) is 5.20. The highest BCUT2D eigenvalue weighted by Gasteiger charge is 2.29. The van der Waals surface area contributed by atoms with Gasteiger partial charge in [0.2, 0.25) is 0 Å². The maximum Gasteiger partial charge on any atom is 0.0128 e. The molecular weight excluding hydrogens is 244 g/mol. The van der Waals surface area contributed by atoms with Crippen molar-refractivity contribution < 1.29 is 0 Å². The van der Waals surface area contributed by atoms with E-state index >= 15 is 0 Å². The first-order valence-electron chi connectivity index (χ1n) is 8.59. The fourth-order valence-corrected chi connectivity index (χ4v) is 3.43. The molecule has 0 spiro atoms. The van der Waals surface area contributed by atoms with E-state index in [1.54, 1.807) is 0 Å². The molecule has 1 saturated carbocycles. The Morgan fingerprint density at radius 3 is 2.20 bits per heavy atom. The van der Waals surface area contributed by atoms with Crippen LogP contribution in [0, 0.1) is 10.8 Å². The Kier molecular flexibility index (Phi) is 6.53. The zero-order valence-electron chi connectivity index (χ0n) is 15.1. The Labute approximate surface area is 127 Å². The molecule has 0 heterocycles. The fraction of sp³-hybridized carbons (Fsp3) is 1.00. The van der Waals surface area contributed by atoms with Gasteiger partial charge in [-0.15, -0.1) is 0 Å². The Balaban J connectivity index is 2.40. The van der Waals surface area contributed by atoms with E-state index in [0.717, 1.165) is 12.6 Å². The van der Waals surface area contributed by atoms with Crippen molar-refractivity contribution >= 4 is 0 Å². The molecule has 1 atom stereocenters. The van der Waals surface area contributed by atoms with Crippen molar-refractivity contribution in [3.8, 4) is 0 Å². The highest BCUT2D eigenvalue weighted by atomic mass is 15.1. The van der Waals surface area contributed by atoms with Gasteiger partial charge in [-0.3, -0.25) is 0 Å². The van der Waals surface area contributed by atoms with Gasteiger partial charge in [0.05, 0.1) is 0 Å². The van der Waals surface area contributed by atoms with Crippen LogP contribution in [-0.2, 0) is 0 Å². The van der Waals surface area contributed by atoms with Crippen molar-refractivity contribution in [1.29, 1.82) is 0 Å². The SMILES string of the molecule is CCNC(CCN(C)C1CCC(C)(C)CC1)C(C)(C)C. The summed E-state index contributed by atoms with van der Waals surface area (Å²) < 4.78 is 0. The molecular formula is C18H38N2. The third-order valence-electron chi connectivity index (χ3n) is 5.20. The van der Waals surface area contributed by atoms with Gasteiger partial charge >= 0.3 is 0 Å². The maximum absolute atomic E-state index is 3.67. The molecule has 1 rings (SSSR count). The van der Waals surface area contributed by atoms with E-state index in [2.05, 4.69) is 58.8 Å². The van der Waals surface area contributed by atoms with Crippen molar-refractivity contribution in [3.63, 3.8) is 0 Å². The second-order valence-electron chi connectivity index (χ2n) is 8.64. The largest absolute Gasteiger partial charge is 0.314 e. The average Bonchev–Trinajstić information content (AvgIpc) is 2.32. The molecule has 1 unspecified atom stereocenters. The van der Waals surface area contributed by atoms with E-state index in [-0.39, 0.29) is 0 Å². The predicted octanol–water partition coefficient (Wildman–Crippen LogP) is 4.30. The molecule has 0 bridgehead atoms. The second-order valence-corrected chi connectivity index (χ2v) is 8.64. The first-order chi connectivity index (χ1) is 9.15. The van der Waals surface area contributed by atoms with Gasteiger partial charge in [-0.2, -0.15) is 0 Å². The lowest BCUT2D eigenvalue weighted by Crippen LogP contribution is -2.44. The van der Waals surface area contributed by atoms with Gasteiger partial charge in [0.25, 0.3) is 0 Å². The smallest absolute Gasteiger partial charge is 0.0128 e. The molecule has 0 amide bonds. The van der Waals surface area contributed by atoms with Crippen LogP contribution >= 0.6 is 0 Å². The minimum atomic E-state index is 0.353. The van der Waals surface area contributed by atoms with E-state index < -0.39 is 0 Å². The number of rotatable bonds is 6. The van der Waals surface area contributed by atoms with E-state index in [1.165, 1.54) is 38.6 Å². The summed E-state index contributed by atoms with van der Waals surface area (Å²) in [4.78, 5) is 2.62. The predicted molar refractivity (Wildman–Crippen MR) is 90.2 cm³/mol. The topological polar surface area (TPSA) is 15.3 Å². The van der Waals surface area contributed by atoms with E-state index in [4.69, 9.17) is 0 Å². The number of nitrogens with one attached hydrogen (secondary N) is 1. The van der Waals surface area contributed by atoms with Crippen molar-refractivity contribution in [2.75, 3.05) is 20.1 Å². The summed E-state index contributed by atoms with van der Waals surface area (Å²) in [6.45, 7) is 16.4. The summed E-state index contributed by atoms with van der Waals surface area (Å²) in [6, 6.07) is 1.43. The maximum atomic E-state index is 3.67. The number of hydrogen-bond donors (Lipinski definition) is 1. The molecule has 1 N–H and O–H groups in total. The standard InChI is InChI=1S/C18H38N2/c1-8-19-16(17(2,3)4)11-14-20(7)15-9-12-18(5,6)13-10-15/h15-16,19H,8-14H2,1-7H3. The summed E-state index contributed by atoms with van der Waals surface area (Å²) in [5, 5.41) is 3.67. The molecule has 0 saturated heterocycles. The molecule has 2 heteroatoms. The van der Waals surface area contributed by atoms with Gasteiger partial charge in [0, 0.05) is 12.1 Å². The highest BCUT2D eigenvalue weighted by molar-refractivity contribution is 4.85. The molecule has 0 aromatic carbocycles. The molecule has 1 fully saturated rings. The summed E-state index contributed by atoms with van der Waals surface area (Å²) in [6.07, 6.45) is 6.79. The lowest BCUT2D eigenvalue weighted by molar-refractivity contribution is 0.117. The van der Waals surface area contributed by atoms with Crippen LogP contribution in [-0.4, -0.2) is 37.1 Å². The molecule has 20 heavy (non-hydrogen) atoms. The number of hydrogen-bond acceptors (Lipinski definition) is 2. The van der Waals surface area contributed by atoms with Gasteiger partial charge in [0.1, 0.15) is 0 Å². The monoisotopic (exact) mass is 282 g/mol. The van der Waals surface area contributed by atoms with Crippen LogP contribution in [0.5, 0.6) is 0 Å². The summed E-state index contributed by atoms with van der Waals surface area (Å²) in [5.41, 5.74) is 0.931. The Morgan fingerprint density at radius 2 is 1.75 bits per heavy atom. The molecule has 0 radical (unpaired) electrons. The van der Waals surface area contributed by atoms with Crippen LogP contribution in [0.15, 0.2) is 0 Å². The Morgan fingerprint density at radius 1 is 1.20 bits per heavy atom. The molecule has 0 aromatic rings. The minimum absolute atomic E-state index is 0.353. The summed E-state index contributed by atoms with van der Waals surface area (Å²) in [7, 11) is 2.33. The minimum Gasteiger partial charge on any atom is -0.314 e. The van der Waals surface area contributed by atoms with Crippen LogP contribution in [0.3, 0.4) is 0 Å². The quantitative estimate of drug-likeness (QED) is 0.781. The van der Waals surface area contributed by atoms with Gasteiger partial charge in [-0.25, -0.2) is 0 Å². The highest BCUT2D eigenvalue weighted by Crippen LogP contribution is 2.36. The van der Waals surface area contributed by atoms with Crippen LogP contribution < -0.4 is 5.32 Å². The lowest BCUT2D eigenvalue weighted by atomic mass is 9.75. The third kappa shape index (κ3) is 5.73. The second kappa shape index (κ2) is 7.26. The molecule has 1 aliphatic carbocycles. The fourth-order valence-electron chi connectivity index (χ4n) is 3.43. The van der Waals surface area contributed by atoms with Crippen molar-refractivity contribution in [1.82, 2.24) is 10.2 Å². The molecule has 2 nitrogen and oxygen atoms in total. The Hall–Kier alpha value is -0.0800. The first-order valence-corrected chi connectivity index (χ1v) is 8.59. The van der Waals surface area contributed by atoms with Gasteiger partial charge in [-0.1, -0.05) is 41.5 Å². The van der Waals surface area contributed by atoms with Crippen LogP contribution in [0.25, 0.3) is 0 Å². The van der Waals surface area contributed by atoms with Crippen molar-refractivity contribution in [2.45, 2.75) is 85.7 Å². The average molecular weight is 283 g/mol. The van der Waals surface area contributed by atoms with Crippen LogP contribution in [0.4, 0.5) is 0 Å². The van der Waals surface area contributed by atoms with Crippen LogP contribution in [0.1, 0.15) is 73.6 Å². The molecule has 0 aromatic heterocycles. The molecule has 0 aliphatic heterocycles. The van der Waals surface area contributed by atoms with Gasteiger partial charge in [-0.05, 0) is 63.1 Å². The van der Waals surface area contributed by atoms with Crippen molar-refractivity contribution in [2.24, 2.45) is 10.8 Å². The van der Waals surface area contributed by atoms with Crippen LogP contribution in [0.2, 0.25) is 0 Å². The lowest BCUT2D eigenvalue weighted by Gasteiger charge is -2.40. The Bertz CT molecular complexity index is 268. The van der Waals surface area contributed by atoms with Crippen molar-refractivity contribution in [3.05, 3.63) is 0 Å². The number of nitrogens with zero attached hydrogens (tertiary/aromatic N) is 1. The molecule has 120 valence electrons. The first kappa shape index (κ1) is 18.0. The van der Waals surface area contributed by atoms with E-state index in [1.807, 2.05) is 0 Å². The molecule has 1 aliphatic rings. The normalized spacial score (nSPS) is 22.2. The van der Waals surface area contributed by atoms with E-state index in [0.29, 0.717) is 16.9 Å². The summed E-state index contributed by atoms with van der Waals surface area (Å²) >= 11 is 0. The van der Waals surface area contributed by atoms with E-state index in [9.17, 15) is 0 Å². The zero-order valence-corrected chi connectivity index (χ0v) is 15.1. The van der Waals surface area contributed by atoms with Gasteiger partial charge in [0.15, 0.2) is 0 Å². The zero-order chi connectivity index (χ0) is 15.4. The van der Waals surface area contributed by atoms with Gasteiger partial charge < -0.3 is 10.2 Å². The summed E-state index contributed by atoms with van der Waals surface area (Å²) in [5.74, 6) is 0.